The standard InChI is InChI=1S/C32H32FN7/c1-38-15-12-32(13-16-38)20-39(21-32)19-22-4-10-25(11-5-22)40-29-17-27(23-6-8-24(33)9-7-23)36-18-28(29)37-31(40)26-3-2-14-35-30(26)34/h2-11,14,17-18H,12-13,15-16,19-21H2,1H3,(H2,34,35). The normalized spacial score (nSPS) is 17.4. The van der Waals surface area contributed by atoms with E-state index in [9.17, 15) is 4.39 Å². The zero-order valence-electron chi connectivity index (χ0n) is 22.6. The first-order chi connectivity index (χ1) is 19.5. The van der Waals surface area contributed by atoms with Crippen LogP contribution >= 0.6 is 0 Å². The predicted octanol–water partition coefficient (Wildman–Crippen LogP) is 5.40. The van der Waals surface area contributed by atoms with Gasteiger partial charge in [-0.15, -0.1) is 0 Å². The number of hydrogen-bond donors (Lipinski definition) is 1. The molecule has 0 bridgehead atoms. The molecule has 7 nitrogen and oxygen atoms in total. The molecule has 40 heavy (non-hydrogen) atoms. The van der Waals surface area contributed by atoms with E-state index in [1.807, 2.05) is 18.2 Å². The first-order valence-corrected chi connectivity index (χ1v) is 13.8. The van der Waals surface area contributed by atoms with Crippen molar-refractivity contribution in [3.8, 4) is 28.3 Å². The van der Waals surface area contributed by atoms with Gasteiger partial charge < -0.3 is 10.6 Å². The van der Waals surface area contributed by atoms with E-state index in [1.165, 1.54) is 56.7 Å². The smallest absolute Gasteiger partial charge is 0.149 e. The number of anilines is 1. The zero-order chi connectivity index (χ0) is 27.3. The second kappa shape index (κ2) is 9.80. The van der Waals surface area contributed by atoms with E-state index < -0.39 is 0 Å². The van der Waals surface area contributed by atoms with Gasteiger partial charge in [-0.1, -0.05) is 12.1 Å². The van der Waals surface area contributed by atoms with Gasteiger partial charge in [0.2, 0.25) is 0 Å². The van der Waals surface area contributed by atoms with E-state index >= 15 is 0 Å². The van der Waals surface area contributed by atoms with Crippen LogP contribution in [-0.2, 0) is 6.54 Å². The van der Waals surface area contributed by atoms with Crippen molar-refractivity contribution in [2.24, 2.45) is 5.41 Å². The summed E-state index contributed by atoms with van der Waals surface area (Å²) in [5.74, 6) is 0.852. The fraction of sp³-hybridized carbons (Fsp3) is 0.281. The number of imidazole rings is 1. The van der Waals surface area contributed by atoms with E-state index in [-0.39, 0.29) is 5.82 Å². The highest BCUT2D eigenvalue weighted by Crippen LogP contribution is 2.41. The molecule has 2 N–H and O–H groups in total. The number of nitrogens with two attached hydrogens (primary N) is 1. The average molecular weight is 534 g/mol. The molecular formula is C32H32FN7. The summed E-state index contributed by atoms with van der Waals surface area (Å²) < 4.78 is 15.7. The monoisotopic (exact) mass is 533 g/mol. The summed E-state index contributed by atoms with van der Waals surface area (Å²) in [6.07, 6.45) is 6.06. The van der Waals surface area contributed by atoms with Crippen molar-refractivity contribution in [2.45, 2.75) is 19.4 Å². The zero-order valence-corrected chi connectivity index (χ0v) is 22.6. The Bertz CT molecular complexity index is 1660. The Balaban J connectivity index is 1.22. The molecule has 7 rings (SSSR count). The molecule has 2 fully saturated rings. The van der Waals surface area contributed by atoms with Crippen molar-refractivity contribution in [2.75, 3.05) is 39.0 Å². The van der Waals surface area contributed by atoms with Crippen LogP contribution in [0.5, 0.6) is 0 Å². The van der Waals surface area contributed by atoms with Gasteiger partial charge in [-0.2, -0.15) is 0 Å². The number of nitrogens with zero attached hydrogens (tertiary/aromatic N) is 6. The molecule has 2 saturated heterocycles. The summed E-state index contributed by atoms with van der Waals surface area (Å²) in [7, 11) is 2.22. The minimum absolute atomic E-state index is 0.274. The van der Waals surface area contributed by atoms with Crippen molar-refractivity contribution in [3.63, 3.8) is 0 Å². The molecule has 0 atom stereocenters. The van der Waals surface area contributed by atoms with Gasteiger partial charge in [0.15, 0.2) is 0 Å². The number of rotatable bonds is 5. The number of pyridine rings is 2. The van der Waals surface area contributed by atoms with Crippen molar-refractivity contribution in [1.29, 1.82) is 0 Å². The van der Waals surface area contributed by atoms with Crippen LogP contribution in [0.1, 0.15) is 18.4 Å². The lowest BCUT2D eigenvalue weighted by atomic mass is 9.72. The van der Waals surface area contributed by atoms with Crippen LogP contribution in [0.2, 0.25) is 0 Å². The lowest BCUT2D eigenvalue weighted by Gasteiger charge is -2.54. The number of benzene rings is 2. The summed E-state index contributed by atoms with van der Waals surface area (Å²) in [6.45, 7) is 5.77. The Morgan fingerprint density at radius 1 is 0.950 bits per heavy atom. The van der Waals surface area contributed by atoms with Gasteiger partial charge >= 0.3 is 0 Å². The summed E-state index contributed by atoms with van der Waals surface area (Å²) in [6, 6.07) is 20.9. The Kier molecular flexibility index (Phi) is 6.09. The highest BCUT2D eigenvalue weighted by molar-refractivity contribution is 5.87. The van der Waals surface area contributed by atoms with Crippen LogP contribution < -0.4 is 5.73 Å². The SMILES string of the molecule is CN1CCC2(CC1)CN(Cc1ccc(-n3c(-c4cccnc4N)nc4cnc(-c5ccc(F)cc5)cc43)cc1)C2. The summed E-state index contributed by atoms with van der Waals surface area (Å²) in [5, 5.41) is 0. The van der Waals surface area contributed by atoms with E-state index in [2.05, 4.69) is 55.6 Å². The van der Waals surface area contributed by atoms with Crippen LogP contribution in [0.15, 0.2) is 79.1 Å². The molecule has 2 aliphatic heterocycles. The third-order valence-electron chi connectivity index (χ3n) is 8.53. The molecule has 3 aromatic heterocycles. The second-order valence-electron chi connectivity index (χ2n) is 11.4. The molecular weight excluding hydrogens is 501 g/mol. The van der Waals surface area contributed by atoms with Crippen molar-refractivity contribution in [3.05, 3.63) is 90.5 Å². The van der Waals surface area contributed by atoms with Gasteiger partial charge in [-0.3, -0.25) is 14.5 Å². The molecule has 202 valence electrons. The van der Waals surface area contributed by atoms with Crippen molar-refractivity contribution >= 4 is 16.9 Å². The minimum Gasteiger partial charge on any atom is -0.383 e. The molecule has 2 aromatic carbocycles. The molecule has 1 spiro atoms. The van der Waals surface area contributed by atoms with Gasteiger partial charge in [0.25, 0.3) is 0 Å². The Morgan fingerprint density at radius 3 is 2.42 bits per heavy atom. The van der Waals surface area contributed by atoms with Gasteiger partial charge in [0.05, 0.1) is 23.0 Å². The van der Waals surface area contributed by atoms with Crippen molar-refractivity contribution in [1.82, 2.24) is 29.3 Å². The number of fused-ring (bicyclic) bond motifs is 1. The van der Waals surface area contributed by atoms with Gasteiger partial charge in [0, 0.05) is 37.1 Å². The maximum absolute atomic E-state index is 13.6. The number of nitrogen functional groups attached to an aromatic ring is 1. The third-order valence-corrected chi connectivity index (χ3v) is 8.53. The van der Waals surface area contributed by atoms with Crippen LogP contribution in [-0.4, -0.2) is 62.5 Å². The highest BCUT2D eigenvalue weighted by atomic mass is 19.1. The average Bonchev–Trinajstić information content (AvgIpc) is 3.33. The maximum Gasteiger partial charge on any atom is 0.149 e. The minimum atomic E-state index is -0.274. The molecule has 8 heteroatoms. The van der Waals surface area contributed by atoms with E-state index in [4.69, 9.17) is 10.7 Å². The topological polar surface area (TPSA) is 76.1 Å². The second-order valence-corrected chi connectivity index (χ2v) is 11.4. The maximum atomic E-state index is 13.6. The summed E-state index contributed by atoms with van der Waals surface area (Å²) >= 11 is 0. The van der Waals surface area contributed by atoms with Gasteiger partial charge in [-0.25, -0.2) is 14.4 Å². The Labute approximate surface area is 233 Å². The first kappa shape index (κ1) is 24.9. The fourth-order valence-electron chi connectivity index (χ4n) is 6.24. The molecule has 0 saturated carbocycles. The number of aromatic nitrogens is 4. The number of hydrogen-bond acceptors (Lipinski definition) is 6. The molecule has 5 aromatic rings. The lowest BCUT2D eigenvalue weighted by Crippen LogP contribution is -2.59. The van der Waals surface area contributed by atoms with Crippen molar-refractivity contribution < 1.29 is 4.39 Å². The number of piperidine rings is 1. The van der Waals surface area contributed by atoms with E-state index in [0.717, 1.165) is 40.1 Å². The van der Waals surface area contributed by atoms with Crippen LogP contribution in [0.4, 0.5) is 10.2 Å². The molecule has 0 amide bonds. The largest absolute Gasteiger partial charge is 0.383 e. The van der Waals surface area contributed by atoms with Crippen LogP contribution in [0.3, 0.4) is 0 Å². The lowest BCUT2D eigenvalue weighted by molar-refractivity contribution is -0.0470. The van der Waals surface area contributed by atoms with E-state index in [1.54, 1.807) is 24.5 Å². The summed E-state index contributed by atoms with van der Waals surface area (Å²) in [5.41, 5.74) is 13.1. The van der Waals surface area contributed by atoms with Crippen LogP contribution in [0, 0.1) is 11.2 Å². The molecule has 5 heterocycles. The van der Waals surface area contributed by atoms with Crippen LogP contribution in [0.25, 0.3) is 39.4 Å². The number of halogens is 1. The number of likely N-dealkylation sites (tertiary alicyclic amines) is 2. The molecule has 0 aliphatic carbocycles. The first-order valence-electron chi connectivity index (χ1n) is 13.8. The van der Waals surface area contributed by atoms with Gasteiger partial charge in [0.1, 0.15) is 23.0 Å². The quantitative estimate of drug-likeness (QED) is 0.326. The Hall–Kier alpha value is -4.14. The molecule has 0 radical (unpaired) electrons. The van der Waals surface area contributed by atoms with E-state index in [0.29, 0.717) is 17.1 Å². The molecule has 0 unspecified atom stereocenters. The third kappa shape index (κ3) is 4.53. The van der Waals surface area contributed by atoms with Gasteiger partial charge in [-0.05, 0) is 98.6 Å². The molecule has 2 aliphatic rings. The predicted molar refractivity (Wildman–Crippen MR) is 156 cm³/mol. The Morgan fingerprint density at radius 2 is 1.70 bits per heavy atom. The fourth-order valence-corrected chi connectivity index (χ4v) is 6.24. The summed E-state index contributed by atoms with van der Waals surface area (Å²) in [4.78, 5) is 18.9. The highest BCUT2D eigenvalue weighted by Gasteiger charge is 2.43.